The third kappa shape index (κ3) is 6.08. The first-order valence-corrected chi connectivity index (χ1v) is 13.3. The van der Waals surface area contributed by atoms with Crippen LogP contribution in [0.2, 0.25) is 5.02 Å². The minimum Gasteiger partial charge on any atom is -0.371 e. The second-order valence-electron chi connectivity index (χ2n) is 10.1. The van der Waals surface area contributed by atoms with E-state index in [9.17, 15) is 4.79 Å². The molecule has 0 aliphatic carbocycles. The Kier molecular flexibility index (Phi) is 7.87. The lowest BCUT2D eigenvalue weighted by Gasteiger charge is -2.33. The molecule has 190 valence electrons. The van der Waals surface area contributed by atoms with Crippen LogP contribution < -0.4 is 10.2 Å². The van der Waals surface area contributed by atoms with Crippen LogP contribution in [0.3, 0.4) is 0 Å². The highest BCUT2D eigenvalue weighted by Crippen LogP contribution is 2.26. The van der Waals surface area contributed by atoms with Crippen molar-refractivity contribution >= 4 is 23.2 Å². The number of likely N-dealkylation sites (tertiary alicyclic amines) is 1. The number of benzene rings is 2. The third-order valence-electron chi connectivity index (χ3n) is 7.24. The zero-order valence-electron chi connectivity index (χ0n) is 20.8. The second-order valence-corrected chi connectivity index (χ2v) is 10.6. The summed E-state index contributed by atoms with van der Waals surface area (Å²) in [7, 11) is 0. The van der Waals surface area contributed by atoms with Crippen molar-refractivity contribution in [1.29, 1.82) is 0 Å². The Morgan fingerprint density at radius 2 is 1.89 bits per heavy atom. The molecule has 3 aromatic rings. The fourth-order valence-electron chi connectivity index (χ4n) is 5.26. The van der Waals surface area contributed by atoms with Crippen LogP contribution in [0.25, 0.3) is 11.4 Å². The number of nitrogens with one attached hydrogen (secondary N) is 1. The number of halogens is 1. The molecule has 2 fully saturated rings. The van der Waals surface area contributed by atoms with Gasteiger partial charge in [-0.05, 0) is 68.0 Å². The normalized spacial score (nSPS) is 20.9. The monoisotopic (exact) mass is 507 g/mol. The van der Waals surface area contributed by atoms with Crippen LogP contribution in [0.15, 0.2) is 53.1 Å². The van der Waals surface area contributed by atoms with Crippen molar-refractivity contribution in [2.24, 2.45) is 11.8 Å². The lowest BCUT2D eigenvalue weighted by molar-refractivity contribution is -0.127. The molecule has 7 nitrogen and oxygen atoms in total. The minimum absolute atomic E-state index is 0.0428. The summed E-state index contributed by atoms with van der Waals surface area (Å²) >= 11 is 6.26. The number of hydrogen-bond acceptors (Lipinski definition) is 6. The quantitative estimate of drug-likeness (QED) is 0.476. The molecule has 0 radical (unpaired) electrons. The number of aromatic nitrogens is 2. The number of amides is 1. The molecule has 0 spiro atoms. The molecular weight excluding hydrogens is 474 g/mol. The molecule has 2 atom stereocenters. The predicted molar refractivity (Wildman–Crippen MR) is 142 cm³/mol. The highest BCUT2D eigenvalue weighted by Gasteiger charge is 2.27. The maximum absolute atomic E-state index is 12.9. The first kappa shape index (κ1) is 24.8. The van der Waals surface area contributed by atoms with Gasteiger partial charge in [-0.25, -0.2) is 0 Å². The molecule has 2 aliphatic rings. The Balaban J connectivity index is 1.11. The first-order chi connectivity index (χ1) is 17.5. The van der Waals surface area contributed by atoms with Crippen LogP contribution in [-0.2, 0) is 17.9 Å². The molecule has 1 N–H and O–H groups in total. The first-order valence-electron chi connectivity index (χ1n) is 13.0. The van der Waals surface area contributed by atoms with Crippen molar-refractivity contribution in [3.63, 3.8) is 0 Å². The van der Waals surface area contributed by atoms with Crippen LogP contribution in [0.5, 0.6) is 0 Å². The summed E-state index contributed by atoms with van der Waals surface area (Å²) in [6.45, 7) is 7.24. The molecule has 0 saturated carbocycles. The Bertz CT molecular complexity index is 1160. The van der Waals surface area contributed by atoms with E-state index in [-0.39, 0.29) is 11.8 Å². The zero-order chi connectivity index (χ0) is 24.9. The molecule has 2 saturated heterocycles. The van der Waals surface area contributed by atoms with E-state index in [1.54, 1.807) is 0 Å². The van der Waals surface area contributed by atoms with Gasteiger partial charge in [0, 0.05) is 37.4 Å². The molecule has 5 rings (SSSR count). The molecular formula is C28H34ClN5O2. The van der Waals surface area contributed by atoms with Crippen LogP contribution in [-0.4, -0.2) is 47.1 Å². The van der Waals surface area contributed by atoms with Gasteiger partial charge in [-0.15, -0.1) is 0 Å². The summed E-state index contributed by atoms with van der Waals surface area (Å²) in [5.41, 5.74) is 3.16. The summed E-state index contributed by atoms with van der Waals surface area (Å²) in [5.74, 6) is 1.84. The van der Waals surface area contributed by atoms with Crippen molar-refractivity contribution in [2.45, 2.75) is 45.7 Å². The third-order valence-corrected chi connectivity index (χ3v) is 7.57. The molecule has 1 amide bonds. The SMILES string of the molecule is CC1CCCN(c2ccc(CNC(=O)C3CCCN(Cc4nc(-c5ccccc5Cl)no4)C3)cc2)C1. The van der Waals surface area contributed by atoms with Gasteiger partial charge in [0.05, 0.1) is 17.5 Å². The Labute approximate surface area is 217 Å². The van der Waals surface area contributed by atoms with Gasteiger partial charge in [0.15, 0.2) is 0 Å². The van der Waals surface area contributed by atoms with Crippen molar-refractivity contribution in [3.05, 3.63) is 65.0 Å². The van der Waals surface area contributed by atoms with Crippen molar-refractivity contribution in [1.82, 2.24) is 20.4 Å². The van der Waals surface area contributed by atoms with E-state index in [0.29, 0.717) is 36.4 Å². The van der Waals surface area contributed by atoms with E-state index in [2.05, 4.69) is 56.4 Å². The van der Waals surface area contributed by atoms with E-state index in [1.165, 1.54) is 18.5 Å². The summed E-state index contributed by atoms with van der Waals surface area (Å²) in [5, 5.41) is 7.83. The number of anilines is 1. The van der Waals surface area contributed by atoms with E-state index < -0.39 is 0 Å². The molecule has 2 aromatic carbocycles. The number of carbonyl (C=O) groups is 1. The van der Waals surface area contributed by atoms with Gasteiger partial charge in [-0.3, -0.25) is 9.69 Å². The number of nitrogens with zero attached hydrogens (tertiary/aromatic N) is 4. The highest BCUT2D eigenvalue weighted by molar-refractivity contribution is 6.33. The molecule has 36 heavy (non-hydrogen) atoms. The number of piperidine rings is 2. The Hall–Kier alpha value is -2.90. The summed E-state index contributed by atoms with van der Waals surface area (Å²) in [6, 6.07) is 16.1. The maximum atomic E-state index is 12.9. The average Bonchev–Trinajstić information content (AvgIpc) is 3.36. The molecule has 2 aliphatic heterocycles. The van der Waals surface area contributed by atoms with E-state index in [0.717, 1.165) is 49.5 Å². The lowest BCUT2D eigenvalue weighted by atomic mass is 9.97. The minimum atomic E-state index is -0.0428. The van der Waals surface area contributed by atoms with Crippen LogP contribution in [0.4, 0.5) is 5.69 Å². The Morgan fingerprint density at radius 3 is 2.69 bits per heavy atom. The van der Waals surface area contributed by atoms with Gasteiger partial charge in [0.1, 0.15) is 0 Å². The number of hydrogen-bond donors (Lipinski definition) is 1. The zero-order valence-corrected chi connectivity index (χ0v) is 21.6. The summed E-state index contributed by atoms with van der Waals surface area (Å²) in [6.07, 6.45) is 4.43. The summed E-state index contributed by atoms with van der Waals surface area (Å²) in [4.78, 5) is 22.1. The van der Waals surface area contributed by atoms with Gasteiger partial charge < -0.3 is 14.7 Å². The number of carbonyl (C=O) groups excluding carboxylic acids is 1. The standard InChI is InChI=1S/C28H34ClN5O2/c1-20-6-4-15-34(17-20)23-12-10-21(11-13-23)16-30-28(35)22-7-5-14-33(18-22)19-26-31-27(32-36-26)24-8-2-3-9-25(24)29/h2-3,8-13,20,22H,4-7,14-19H2,1H3,(H,30,35). The highest BCUT2D eigenvalue weighted by atomic mass is 35.5. The predicted octanol–water partition coefficient (Wildman–Crippen LogP) is 5.15. The van der Waals surface area contributed by atoms with Gasteiger partial charge in [0.25, 0.3) is 0 Å². The van der Waals surface area contributed by atoms with Crippen LogP contribution in [0.1, 0.15) is 44.1 Å². The fraction of sp³-hybridized carbons (Fsp3) is 0.464. The van der Waals surface area contributed by atoms with E-state index >= 15 is 0 Å². The van der Waals surface area contributed by atoms with Crippen LogP contribution in [0, 0.1) is 11.8 Å². The number of rotatable bonds is 7. The van der Waals surface area contributed by atoms with E-state index in [4.69, 9.17) is 16.1 Å². The molecule has 1 aromatic heterocycles. The lowest BCUT2D eigenvalue weighted by Crippen LogP contribution is -2.42. The van der Waals surface area contributed by atoms with Crippen molar-refractivity contribution < 1.29 is 9.32 Å². The summed E-state index contributed by atoms with van der Waals surface area (Å²) < 4.78 is 5.47. The Morgan fingerprint density at radius 1 is 1.08 bits per heavy atom. The molecule has 8 heteroatoms. The van der Waals surface area contributed by atoms with Gasteiger partial charge in [-0.2, -0.15) is 4.98 Å². The topological polar surface area (TPSA) is 74.5 Å². The van der Waals surface area contributed by atoms with Crippen LogP contribution >= 0.6 is 11.6 Å². The molecule has 3 heterocycles. The average molecular weight is 508 g/mol. The molecule has 0 bridgehead atoms. The van der Waals surface area contributed by atoms with E-state index in [1.807, 2.05) is 24.3 Å². The van der Waals surface area contributed by atoms with Crippen molar-refractivity contribution in [3.8, 4) is 11.4 Å². The maximum Gasteiger partial charge on any atom is 0.241 e. The van der Waals surface area contributed by atoms with Crippen molar-refractivity contribution in [2.75, 3.05) is 31.1 Å². The largest absolute Gasteiger partial charge is 0.371 e. The van der Waals surface area contributed by atoms with Gasteiger partial charge in [-0.1, -0.05) is 47.9 Å². The van der Waals surface area contributed by atoms with Gasteiger partial charge in [0.2, 0.25) is 17.6 Å². The fourth-order valence-corrected chi connectivity index (χ4v) is 5.48. The second kappa shape index (κ2) is 11.4. The molecule has 2 unspecified atom stereocenters. The van der Waals surface area contributed by atoms with Gasteiger partial charge >= 0.3 is 0 Å². The smallest absolute Gasteiger partial charge is 0.241 e.